The molecule has 4 nitrogen and oxygen atoms in total. The van der Waals surface area contributed by atoms with Crippen molar-refractivity contribution in [1.29, 1.82) is 0 Å². The fraction of sp³-hybridized carbons (Fsp3) is 0.304. The molecule has 0 aliphatic carbocycles. The van der Waals surface area contributed by atoms with Crippen LogP contribution in [0.25, 0.3) is 6.08 Å². The van der Waals surface area contributed by atoms with Gasteiger partial charge < -0.3 is 18.9 Å². The normalized spacial score (nSPS) is 10.6. The molecule has 0 amide bonds. The van der Waals surface area contributed by atoms with Gasteiger partial charge in [0.2, 0.25) is 0 Å². The fourth-order valence-electron chi connectivity index (χ4n) is 2.65. The van der Waals surface area contributed by atoms with Crippen LogP contribution in [-0.2, 0) is 6.42 Å². The van der Waals surface area contributed by atoms with Crippen LogP contribution >= 0.6 is 0 Å². The minimum absolute atomic E-state index is 0.538. The molecule has 0 heterocycles. The summed E-state index contributed by atoms with van der Waals surface area (Å²) in [6.45, 7) is 6.82. The van der Waals surface area contributed by atoms with Crippen molar-refractivity contribution in [2.75, 3.05) is 27.4 Å². The maximum atomic E-state index is 5.84. The van der Waals surface area contributed by atoms with Crippen LogP contribution in [-0.4, -0.2) is 27.4 Å². The van der Waals surface area contributed by atoms with Gasteiger partial charge in [0.25, 0.3) is 0 Å². The second kappa shape index (κ2) is 11.0. The van der Waals surface area contributed by atoms with E-state index in [1.165, 1.54) is 0 Å². The van der Waals surface area contributed by atoms with Gasteiger partial charge in [0.15, 0.2) is 23.0 Å². The second-order valence-electron chi connectivity index (χ2n) is 5.94. The van der Waals surface area contributed by atoms with Gasteiger partial charge in [-0.15, -0.1) is 6.58 Å². The summed E-state index contributed by atoms with van der Waals surface area (Å²) in [5.41, 5.74) is 2.23. The lowest BCUT2D eigenvalue weighted by Crippen LogP contribution is -2.06. The van der Waals surface area contributed by atoms with Crippen LogP contribution in [0.5, 0.6) is 23.0 Å². The Hall–Kier alpha value is -2.88. The molecule has 0 aliphatic heterocycles. The monoisotopic (exact) mass is 368 g/mol. The molecule has 144 valence electrons. The van der Waals surface area contributed by atoms with E-state index in [0.29, 0.717) is 13.2 Å². The molecule has 0 radical (unpaired) electrons. The zero-order valence-corrected chi connectivity index (χ0v) is 16.4. The number of allylic oxidation sites excluding steroid dienone is 2. The van der Waals surface area contributed by atoms with Gasteiger partial charge in [-0.05, 0) is 48.7 Å². The van der Waals surface area contributed by atoms with E-state index in [1.807, 2.05) is 61.5 Å². The van der Waals surface area contributed by atoms with E-state index in [0.717, 1.165) is 47.0 Å². The van der Waals surface area contributed by atoms with Crippen molar-refractivity contribution in [2.24, 2.45) is 0 Å². The maximum Gasteiger partial charge on any atom is 0.161 e. The summed E-state index contributed by atoms with van der Waals surface area (Å²) in [5.74, 6) is 2.93. The van der Waals surface area contributed by atoms with Crippen LogP contribution < -0.4 is 18.9 Å². The van der Waals surface area contributed by atoms with Crippen molar-refractivity contribution in [3.63, 3.8) is 0 Å². The molecular formula is C23H28O4. The third-order valence-corrected chi connectivity index (χ3v) is 3.96. The van der Waals surface area contributed by atoms with Crippen LogP contribution in [0.15, 0.2) is 55.1 Å². The molecule has 2 aromatic rings. The molecule has 0 saturated heterocycles. The zero-order valence-electron chi connectivity index (χ0n) is 16.4. The van der Waals surface area contributed by atoms with E-state index in [9.17, 15) is 0 Å². The Labute approximate surface area is 162 Å². The molecule has 4 heteroatoms. The second-order valence-corrected chi connectivity index (χ2v) is 5.94. The van der Waals surface area contributed by atoms with Crippen LogP contribution in [0.4, 0.5) is 0 Å². The maximum absolute atomic E-state index is 5.84. The predicted molar refractivity (Wildman–Crippen MR) is 110 cm³/mol. The lowest BCUT2D eigenvalue weighted by atomic mass is 10.1. The van der Waals surface area contributed by atoms with Gasteiger partial charge in [0, 0.05) is 6.42 Å². The van der Waals surface area contributed by atoms with E-state index in [4.69, 9.17) is 18.9 Å². The van der Waals surface area contributed by atoms with Crippen molar-refractivity contribution in [2.45, 2.75) is 19.8 Å². The summed E-state index contributed by atoms with van der Waals surface area (Å²) >= 11 is 0. The molecular weight excluding hydrogens is 340 g/mol. The van der Waals surface area contributed by atoms with Crippen molar-refractivity contribution >= 4 is 6.08 Å². The molecule has 0 spiro atoms. The molecule has 0 fully saturated rings. The molecule has 0 saturated carbocycles. The zero-order chi connectivity index (χ0) is 19.5. The topological polar surface area (TPSA) is 36.9 Å². The predicted octanol–water partition coefficient (Wildman–Crippen LogP) is 5.31. The SMILES string of the molecule is C=CCc1ccc(OCCCOc2ccc(/C=C/C)cc2OC)c(OC)c1. The Morgan fingerprint density at radius 2 is 1.48 bits per heavy atom. The van der Waals surface area contributed by atoms with Gasteiger partial charge in [-0.25, -0.2) is 0 Å². The first-order chi connectivity index (χ1) is 13.2. The third kappa shape index (κ3) is 6.10. The largest absolute Gasteiger partial charge is 0.493 e. The Bertz CT molecular complexity index is 765. The van der Waals surface area contributed by atoms with Crippen molar-refractivity contribution in [3.8, 4) is 23.0 Å². The molecule has 0 aliphatic rings. The van der Waals surface area contributed by atoms with Gasteiger partial charge in [-0.3, -0.25) is 0 Å². The molecule has 0 atom stereocenters. The van der Waals surface area contributed by atoms with Crippen LogP contribution in [0.2, 0.25) is 0 Å². The van der Waals surface area contributed by atoms with Crippen molar-refractivity contribution in [1.82, 2.24) is 0 Å². The van der Waals surface area contributed by atoms with Crippen LogP contribution in [0.1, 0.15) is 24.5 Å². The number of ether oxygens (including phenoxy) is 4. The number of hydrogen-bond donors (Lipinski definition) is 0. The molecule has 27 heavy (non-hydrogen) atoms. The highest BCUT2D eigenvalue weighted by Gasteiger charge is 2.07. The first-order valence-corrected chi connectivity index (χ1v) is 9.06. The number of methoxy groups -OCH3 is 2. The minimum Gasteiger partial charge on any atom is -0.493 e. The molecule has 2 aromatic carbocycles. The lowest BCUT2D eigenvalue weighted by molar-refractivity contribution is 0.234. The summed E-state index contributed by atoms with van der Waals surface area (Å²) in [5, 5.41) is 0. The first-order valence-electron chi connectivity index (χ1n) is 9.06. The molecule has 2 rings (SSSR count). The molecule has 0 N–H and O–H groups in total. The minimum atomic E-state index is 0.538. The van der Waals surface area contributed by atoms with E-state index in [-0.39, 0.29) is 0 Å². The third-order valence-electron chi connectivity index (χ3n) is 3.96. The summed E-state index contributed by atoms with van der Waals surface area (Å²) < 4.78 is 22.5. The van der Waals surface area contributed by atoms with E-state index in [1.54, 1.807) is 14.2 Å². The molecule has 0 bridgehead atoms. The van der Waals surface area contributed by atoms with Crippen LogP contribution in [0, 0.1) is 0 Å². The number of rotatable bonds is 11. The average Bonchev–Trinajstić information content (AvgIpc) is 2.69. The Kier molecular flexibility index (Phi) is 8.30. The fourth-order valence-corrected chi connectivity index (χ4v) is 2.65. The van der Waals surface area contributed by atoms with Gasteiger partial charge in [0.1, 0.15) is 0 Å². The van der Waals surface area contributed by atoms with Crippen LogP contribution in [0.3, 0.4) is 0 Å². The number of benzene rings is 2. The highest BCUT2D eigenvalue weighted by atomic mass is 16.5. The quantitative estimate of drug-likeness (QED) is 0.398. The molecule has 0 aromatic heterocycles. The highest BCUT2D eigenvalue weighted by molar-refractivity contribution is 5.55. The van der Waals surface area contributed by atoms with Gasteiger partial charge in [0.05, 0.1) is 27.4 Å². The Morgan fingerprint density at radius 1 is 0.852 bits per heavy atom. The number of hydrogen-bond acceptors (Lipinski definition) is 4. The highest BCUT2D eigenvalue weighted by Crippen LogP contribution is 2.30. The van der Waals surface area contributed by atoms with E-state index < -0.39 is 0 Å². The lowest BCUT2D eigenvalue weighted by Gasteiger charge is -2.13. The van der Waals surface area contributed by atoms with E-state index in [2.05, 4.69) is 6.58 Å². The Balaban J connectivity index is 1.84. The van der Waals surface area contributed by atoms with Gasteiger partial charge in [-0.1, -0.05) is 30.4 Å². The average molecular weight is 368 g/mol. The molecule has 0 unspecified atom stereocenters. The van der Waals surface area contributed by atoms with Gasteiger partial charge in [-0.2, -0.15) is 0 Å². The summed E-state index contributed by atoms with van der Waals surface area (Å²) in [6.07, 6.45) is 7.43. The standard InChI is InChI=1S/C23H28O4/c1-5-8-18-10-12-20(22(16-18)24-3)26-14-7-15-27-21-13-11-19(9-6-2)17-23(21)25-4/h5-6,9-13,16-17H,1,7-8,14-15H2,2-4H3/b9-6+. The Morgan fingerprint density at radius 3 is 2.07 bits per heavy atom. The summed E-state index contributed by atoms with van der Waals surface area (Å²) in [7, 11) is 3.29. The van der Waals surface area contributed by atoms with Crippen molar-refractivity contribution in [3.05, 3.63) is 66.3 Å². The first kappa shape index (κ1) is 20.4. The summed E-state index contributed by atoms with van der Waals surface area (Å²) in [4.78, 5) is 0. The van der Waals surface area contributed by atoms with Gasteiger partial charge >= 0.3 is 0 Å². The van der Waals surface area contributed by atoms with E-state index >= 15 is 0 Å². The van der Waals surface area contributed by atoms with Crippen molar-refractivity contribution < 1.29 is 18.9 Å². The smallest absolute Gasteiger partial charge is 0.161 e. The summed E-state index contributed by atoms with van der Waals surface area (Å²) in [6, 6.07) is 11.8.